The summed E-state index contributed by atoms with van der Waals surface area (Å²) in [6.07, 6.45) is 1.66. The maximum atomic E-state index is 5.59. The molecule has 0 saturated heterocycles. The highest BCUT2D eigenvalue weighted by molar-refractivity contribution is 9.10. The summed E-state index contributed by atoms with van der Waals surface area (Å²) in [7, 11) is 0. The Morgan fingerprint density at radius 2 is 1.86 bits per heavy atom. The van der Waals surface area contributed by atoms with E-state index in [1.807, 2.05) is 24.3 Å². The van der Waals surface area contributed by atoms with Crippen LogP contribution in [0.25, 0.3) is 10.9 Å². The largest absolute Gasteiger partial charge is 0.397 e. The Labute approximate surface area is 103 Å². The molecule has 2 nitrogen and oxygen atoms in total. The van der Waals surface area contributed by atoms with Crippen molar-refractivity contribution in [3.8, 4) is 0 Å². The first-order chi connectivity index (χ1) is 5.75. The van der Waals surface area contributed by atoms with E-state index in [4.69, 9.17) is 5.73 Å². The van der Waals surface area contributed by atoms with E-state index in [1.165, 1.54) is 0 Å². The summed E-state index contributed by atoms with van der Waals surface area (Å²) in [4.78, 5) is 4.19. The molecule has 0 aliphatic carbocycles. The fourth-order valence-electron chi connectivity index (χ4n) is 1.11. The molecule has 0 unspecified atom stereocenters. The van der Waals surface area contributed by atoms with Crippen LogP contribution in [-0.2, 0) is 0 Å². The van der Waals surface area contributed by atoms with Crippen LogP contribution in [0.4, 0.5) is 5.69 Å². The van der Waals surface area contributed by atoms with Crippen LogP contribution in [0.1, 0.15) is 0 Å². The summed E-state index contributed by atoms with van der Waals surface area (Å²) in [6, 6.07) is 7.84. The minimum Gasteiger partial charge on any atom is -0.397 e. The molecule has 76 valence electrons. The van der Waals surface area contributed by atoms with Gasteiger partial charge in [0.25, 0.3) is 0 Å². The van der Waals surface area contributed by atoms with Crippen molar-refractivity contribution in [3.63, 3.8) is 0 Å². The predicted octanol–water partition coefficient (Wildman–Crippen LogP) is 3.42. The number of hydrogen-bond donors (Lipinski definition) is 1. The number of benzene rings is 1. The number of fused-ring (bicyclic) bond motifs is 1. The van der Waals surface area contributed by atoms with E-state index in [-0.39, 0.29) is 24.8 Å². The average Bonchev–Trinajstić information content (AvgIpc) is 2.05. The number of halogens is 3. The summed E-state index contributed by atoms with van der Waals surface area (Å²) in [5.41, 5.74) is 7.24. The summed E-state index contributed by atoms with van der Waals surface area (Å²) >= 11 is 3.38. The first-order valence-corrected chi connectivity index (χ1v) is 4.36. The Balaban J connectivity index is 0.000000845. The monoisotopic (exact) mass is 294 g/mol. The van der Waals surface area contributed by atoms with Crippen LogP contribution in [0.2, 0.25) is 0 Å². The Hall–Kier alpha value is -0.510. The number of nitrogens with zero attached hydrogens (tertiary/aromatic N) is 1. The number of hydrogen-bond acceptors (Lipinski definition) is 2. The maximum Gasteiger partial charge on any atom is 0.0714 e. The van der Waals surface area contributed by atoms with Crippen molar-refractivity contribution in [1.29, 1.82) is 0 Å². The van der Waals surface area contributed by atoms with Crippen molar-refractivity contribution >= 4 is 57.3 Å². The molecule has 2 rings (SSSR count). The maximum absolute atomic E-state index is 5.59. The van der Waals surface area contributed by atoms with Crippen molar-refractivity contribution in [2.75, 3.05) is 5.73 Å². The molecular formula is C9H9BrCl2N2. The molecule has 0 aliphatic rings. The third-order valence-corrected chi connectivity index (χ3v) is 2.16. The standard InChI is InChI=1S/C9H7BrN2.2ClH/c10-7-2-1-6-3-8(11)5-12-9(6)4-7;;/h1-5H,11H2;2*1H. The van der Waals surface area contributed by atoms with Gasteiger partial charge < -0.3 is 5.73 Å². The van der Waals surface area contributed by atoms with Crippen molar-refractivity contribution in [3.05, 3.63) is 34.9 Å². The molecule has 14 heavy (non-hydrogen) atoms. The molecule has 0 fully saturated rings. The predicted molar refractivity (Wildman–Crippen MR) is 68.4 cm³/mol. The molecule has 1 aromatic carbocycles. The van der Waals surface area contributed by atoms with E-state index in [1.54, 1.807) is 6.20 Å². The highest BCUT2D eigenvalue weighted by Crippen LogP contribution is 2.19. The molecule has 0 amide bonds. The van der Waals surface area contributed by atoms with Crippen LogP contribution in [0, 0.1) is 0 Å². The van der Waals surface area contributed by atoms with Gasteiger partial charge in [0.05, 0.1) is 17.4 Å². The molecule has 5 heteroatoms. The van der Waals surface area contributed by atoms with Crippen LogP contribution in [-0.4, -0.2) is 4.98 Å². The summed E-state index contributed by atoms with van der Waals surface area (Å²) < 4.78 is 1.03. The van der Waals surface area contributed by atoms with Gasteiger partial charge in [-0.25, -0.2) is 0 Å². The van der Waals surface area contributed by atoms with E-state index in [9.17, 15) is 0 Å². The SMILES string of the molecule is Cl.Cl.Nc1cnc2cc(Br)ccc2c1. The lowest BCUT2D eigenvalue weighted by atomic mass is 10.2. The van der Waals surface area contributed by atoms with Crippen LogP contribution < -0.4 is 5.73 Å². The first kappa shape index (κ1) is 13.5. The van der Waals surface area contributed by atoms with E-state index < -0.39 is 0 Å². The second-order valence-corrected chi connectivity index (χ2v) is 3.52. The van der Waals surface area contributed by atoms with Gasteiger partial charge in [0.15, 0.2) is 0 Å². The van der Waals surface area contributed by atoms with E-state index in [2.05, 4.69) is 20.9 Å². The lowest BCUT2D eigenvalue weighted by Crippen LogP contribution is -1.86. The quantitative estimate of drug-likeness (QED) is 0.809. The van der Waals surface area contributed by atoms with Gasteiger partial charge in [-0.1, -0.05) is 22.0 Å². The molecule has 0 aliphatic heterocycles. The minimum absolute atomic E-state index is 0. The molecule has 0 saturated carbocycles. The van der Waals surface area contributed by atoms with E-state index in [0.29, 0.717) is 5.69 Å². The zero-order chi connectivity index (χ0) is 8.55. The van der Waals surface area contributed by atoms with Gasteiger partial charge in [0.1, 0.15) is 0 Å². The van der Waals surface area contributed by atoms with Gasteiger partial charge in [-0.05, 0) is 18.2 Å². The number of aromatic nitrogens is 1. The minimum atomic E-state index is 0. The van der Waals surface area contributed by atoms with Crippen LogP contribution >= 0.6 is 40.7 Å². The zero-order valence-corrected chi connectivity index (χ0v) is 10.3. The van der Waals surface area contributed by atoms with Crippen molar-refractivity contribution in [1.82, 2.24) is 4.98 Å². The molecule has 2 N–H and O–H groups in total. The Morgan fingerprint density at radius 1 is 1.14 bits per heavy atom. The van der Waals surface area contributed by atoms with Crippen molar-refractivity contribution < 1.29 is 0 Å². The molecule has 1 aromatic heterocycles. The van der Waals surface area contributed by atoms with Crippen LogP contribution in [0.5, 0.6) is 0 Å². The zero-order valence-electron chi connectivity index (χ0n) is 7.11. The molecular weight excluding hydrogens is 287 g/mol. The van der Waals surface area contributed by atoms with E-state index >= 15 is 0 Å². The van der Waals surface area contributed by atoms with E-state index in [0.717, 1.165) is 15.4 Å². The number of pyridine rings is 1. The Morgan fingerprint density at radius 3 is 2.57 bits per heavy atom. The fraction of sp³-hybridized carbons (Fsp3) is 0. The van der Waals surface area contributed by atoms with Crippen LogP contribution in [0.15, 0.2) is 34.9 Å². The second-order valence-electron chi connectivity index (χ2n) is 2.61. The average molecular weight is 296 g/mol. The molecule has 0 spiro atoms. The number of rotatable bonds is 0. The normalized spacial score (nSPS) is 8.93. The van der Waals surface area contributed by atoms with Crippen LogP contribution in [0.3, 0.4) is 0 Å². The van der Waals surface area contributed by atoms with Gasteiger partial charge in [-0.2, -0.15) is 0 Å². The summed E-state index contributed by atoms with van der Waals surface area (Å²) in [5, 5.41) is 1.07. The van der Waals surface area contributed by atoms with Gasteiger partial charge in [-0.15, -0.1) is 24.8 Å². The van der Waals surface area contributed by atoms with Crippen molar-refractivity contribution in [2.24, 2.45) is 0 Å². The molecule has 0 radical (unpaired) electrons. The fourth-order valence-corrected chi connectivity index (χ4v) is 1.46. The highest BCUT2D eigenvalue weighted by Gasteiger charge is 1.95. The third kappa shape index (κ3) is 2.74. The van der Waals surface area contributed by atoms with Crippen molar-refractivity contribution in [2.45, 2.75) is 0 Å². The Bertz CT molecular complexity index is 393. The summed E-state index contributed by atoms with van der Waals surface area (Å²) in [6.45, 7) is 0. The first-order valence-electron chi connectivity index (χ1n) is 3.56. The second kappa shape index (κ2) is 5.39. The molecule has 0 bridgehead atoms. The molecule has 0 atom stereocenters. The number of nitrogen functional groups attached to an aromatic ring is 1. The van der Waals surface area contributed by atoms with Gasteiger partial charge >= 0.3 is 0 Å². The third-order valence-electron chi connectivity index (χ3n) is 1.67. The topological polar surface area (TPSA) is 38.9 Å². The highest BCUT2D eigenvalue weighted by atomic mass is 79.9. The lowest BCUT2D eigenvalue weighted by molar-refractivity contribution is 1.41. The smallest absolute Gasteiger partial charge is 0.0714 e. The lowest BCUT2D eigenvalue weighted by Gasteiger charge is -1.98. The molecule has 1 heterocycles. The summed E-state index contributed by atoms with van der Waals surface area (Å²) in [5.74, 6) is 0. The van der Waals surface area contributed by atoms with Gasteiger partial charge in [-0.3, -0.25) is 4.98 Å². The Kier molecular flexibility index (Phi) is 5.19. The number of nitrogens with two attached hydrogens (primary N) is 1. The number of anilines is 1. The van der Waals surface area contributed by atoms with Gasteiger partial charge in [0.2, 0.25) is 0 Å². The molecule has 2 aromatic rings. The van der Waals surface area contributed by atoms with Gasteiger partial charge in [0, 0.05) is 9.86 Å².